The third kappa shape index (κ3) is 3.98. The van der Waals surface area contributed by atoms with Crippen LogP contribution in [0.5, 0.6) is 0 Å². The first-order valence-corrected chi connectivity index (χ1v) is 5.79. The number of allylic oxidation sites excluding steroid dienone is 1. The molecule has 0 spiro atoms. The number of hydrogen-bond donors (Lipinski definition) is 3. The summed E-state index contributed by atoms with van der Waals surface area (Å²) in [5.74, 6) is -0.712. The molecule has 0 unspecified atom stereocenters. The van der Waals surface area contributed by atoms with Crippen LogP contribution in [0, 0.1) is 11.8 Å². The molecule has 0 aliphatic carbocycles. The average molecular weight is 240 g/mol. The summed E-state index contributed by atoms with van der Waals surface area (Å²) in [6.45, 7) is 13.4. The Balaban J connectivity index is 5.28. The molecule has 4 nitrogen and oxygen atoms in total. The van der Waals surface area contributed by atoms with E-state index in [9.17, 15) is 4.79 Å². The van der Waals surface area contributed by atoms with Crippen molar-refractivity contribution < 1.29 is 10.0 Å². The molecule has 0 rings (SSSR count). The number of hydroxylamine groups is 1. The fraction of sp³-hybridized carbons (Fsp3) is 0.615. The zero-order valence-electron chi connectivity index (χ0n) is 11.0. The smallest absolute Gasteiger partial charge is 0.248 e. The molecule has 0 heterocycles. The molecule has 0 aliphatic rings. The standard InChI is InChI=1S/C13H24N2O2/c1-6-7-11(12(16)15-17)13(14,10(4)5)8-9(2)3/h6,9,11,17H,1,4,7-8,14H2,2-3,5H3,(H,15,16)/t11-,13-/m1/s1. The quantitative estimate of drug-likeness (QED) is 0.362. The Kier molecular flexibility index (Phi) is 6.13. The lowest BCUT2D eigenvalue weighted by atomic mass is 9.72. The third-order valence-electron chi connectivity index (χ3n) is 2.99. The summed E-state index contributed by atoms with van der Waals surface area (Å²) in [4.78, 5) is 11.7. The predicted molar refractivity (Wildman–Crippen MR) is 69.4 cm³/mol. The van der Waals surface area contributed by atoms with Gasteiger partial charge in [-0.3, -0.25) is 10.0 Å². The van der Waals surface area contributed by atoms with E-state index in [2.05, 4.69) is 13.2 Å². The van der Waals surface area contributed by atoms with E-state index < -0.39 is 17.4 Å². The third-order valence-corrected chi connectivity index (χ3v) is 2.99. The van der Waals surface area contributed by atoms with Gasteiger partial charge in [0, 0.05) is 5.54 Å². The van der Waals surface area contributed by atoms with Gasteiger partial charge < -0.3 is 5.73 Å². The summed E-state index contributed by atoms with van der Waals surface area (Å²) in [6, 6.07) is 0. The van der Waals surface area contributed by atoms with Gasteiger partial charge in [0.1, 0.15) is 0 Å². The number of rotatable bonds is 7. The van der Waals surface area contributed by atoms with Crippen LogP contribution in [-0.4, -0.2) is 16.7 Å². The van der Waals surface area contributed by atoms with E-state index >= 15 is 0 Å². The maximum atomic E-state index is 11.7. The molecule has 4 N–H and O–H groups in total. The first-order chi connectivity index (χ1) is 7.79. The van der Waals surface area contributed by atoms with Crippen LogP contribution in [0.1, 0.15) is 33.6 Å². The second-order valence-corrected chi connectivity index (χ2v) is 4.97. The van der Waals surface area contributed by atoms with Crippen LogP contribution in [0.3, 0.4) is 0 Å². The number of carbonyl (C=O) groups excluding carboxylic acids is 1. The van der Waals surface area contributed by atoms with E-state index in [-0.39, 0.29) is 0 Å². The van der Waals surface area contributed by atoms with Gasteiger partial charge in [-0.05, 0) is 25.7 Å². The molecule has 0 radical (unpaired) electrons. The number of nitrogens with two attached hydrogens (primary N) is 1. The van der Waals surface area contributed by atoms with Crippen LogP contribution in [0.15, 0.2) is 24.8 Å². The monoisotopic (exact) mass is 240 g/mol. The van der Waals surface area contributed by atoms with Crippen LogP contribution in [-0.2, 0) is 4.79 Å². The molecule has 98 valence electrons. The summed E-state index contributed by atoms with van der Waals surface area (Å²) in [6.07, 6.45) is 2.67. The van der Waals surface area contributed by atoms with Gasteiger partial charge in [-0.25, -0.2) is 5.48 Å². The van der Waals surface area contributed by atoms with Crippen molar-refractivity contribution in [3.05, 3.63) is 24.8 Å². The molecule has 0 saturated carbocycles. The topological polar surface area (TPSA) is 75.3 Å². The zero-order valence-corrected chi connectivity index (χ0v) is 11.0. The highest BCUT2D eigenvalue weighted by Crippen LogP contribution is 2.32. The van der Waals surface area contributed by atoms with Gasteiger partial charge in [-0.15, -0.1) is 6.58 Å². The Bertz CT molecular complexity index is 300. The van der Waals surface area contributed by atoms with Crippen LogP contribution in [0.2, 0.25) is 0 Å². The molecule has 0 aromatic heterocycles. The van der Waals surface area contributed by atoms with Crippen molar-refractivity contribution in [3.8, 4) is 0 Å². The minimum atomic E-state index is -0.824. The lowest BCUT2D eigenvalue weighted by Crippen LogP contribution is -2.54. The van der Waals surface area contributed by atoms with Crippen molar-refractivity contribution in [1.29, 1.82) is 0 Å². The lowest BCUT2D eigenvalue weighted by Gasteiger charge is -2.38. The van der Waals surface area contributed by atoms with Crippen molar-refractivity contribution in [2.75, 3.05) is 0 Å². The van der Waals surface area contributed by atoms with Gasteiger partial charge in [0.25, 0.3) is 0 Å². The van der Waals surface area contributed by atoms with Crippen molar-refractivity contribution in [3.63, 3.8) is 0 Å². The van der Waals surface area contributed by atoms with Crippen LogP contribution in [0.25, 0.3) is 0 Å². The molecule has 0 fully saturated rings. The van der Waals surface area contributed by atoms with Crippen molar-refractivity contribution in [2.45, 2.75) is 39.2 Å². The van der Waals surface area contributed by atoms with E-state index in [1.54, 1.807) is 11.6 Å². The Morgan fingerprint density at radius 1 is 1.59 bits per heavy atom. The Morgan fingerprint density at radius 3 is 2.41 bits per heavy atom. The first-order valence-electron chi connectivity index (χ1n) is 5.79. The molecule has 0 aliphatic heterocycles. The molecule has 0 aromatic rings. The Morgan fingerprint density at radius 2 is 2.12 bits per heavy atom. The van der Waals surface area contributed by atoms with E-state index in [1.807, 2.05) is 20.8 Å². The van der Waals surface area contributed by atoms with Gasteiger partial charge in [0.2, 0.25) is 5.91 Å². The summed E-state index contributed by atoms with van der Waals surface area (Å²) >= 11 is 0. The van der Waals surface area contributed by atoms with E-state index in [1.165, 1.54) is 0 Å². The number of nitrogens with one attached hydrogen (secondary N) is 1. The summed E-state index contributed by atoms with van der Waals surface area (Å²) in [7, 11) is 0. The number of carbonyl (C=O) groups is 1. The second kappa shape index (κ2) is 6.57. The molecule has 0 bridgehead atoms. The van der Waals surface area contributed by atoms with E-state index in [0.717, 1.165) is 5.57 Å². The van der Waals surface area contributed by atoms with Crippen LogP contribution in [0.4, 0.5) is 0 Å². The highest BCUT2D eigenvalue weighted by molar-refractivity contribution is 5.79. The van der Waals surface area contributed by atoms with Crippen molar-refractivity contribution in [1.82, 2.24) is 5.48 Å². The van der Waals surface area contributed by atoms with Gasteiger partial charge in [0.05, 0.1) is 5.92 Å². The summed E-state index contributed by atoms with van der Waals surface area (Å²) < 4.78 is 0. The maximum Gasteiger partial charge on any atom is 0.248 e. The Hall–Kier alpha value is -1.13. The molecule has 1 amide bonds. The molecule has 4 heteroatoms. The maximum absolute atomic E-state index is 11.7. The zero-order chi connectivity index (χ0) is 13.6. The van der Waals surface area contributed by atoms with Gasteiger partial charge in [-0.1, -0.05) is 32.1 Å². The number of amides is 1. The highest BCUT2D eigenvalue weighted by Gasteiger charge is 2.40. The molecule has 0 aromatic carbocycles. The second-order valence-electron chi connectivity index (χ2n) is 4.97. The average Bonchev–Trinajstić information content (AvgIpc) is 2.23. The molecular weight excluding hydrogens is 216 g/mol. The Labute approximate surface area is 104 Å². The minimum absolute atomic E-state index is 0.329. The van der Waals surface area contributed by atoms with Gasteiger partial charge >= 0.3 is 0 Å². The summed E-state index contributed by atoms with van der Waals surface area (Å²) in [5.41, 5.74) is 7.92. The lowest BCUT2D eigenvalue weighted by molar-refractivity contribution is -0.135. The molecule has 2 atom stereocenters. The normalized spacial score (nSPS) is 16.1. The van der Waals surface area contributed by atoms with Crippen LogP contribution >= 0.6 is 0 Å². The van der Waals surface area contributed by atoms with Crippen LogP contribution < -0.4 is 11.2 Å². The largest absolute Gasteiger partial charge is 0.321 e. The minimum Gasteiger partial charge on any atom is -0.321 e. The SMILES string of the molecule is C=CC[C@H](C(=O)NO)[C@@](N)(CC(C)C)C(=C)C. The highest BCUT2D eigenvalue weighted by atomic mass is 16.5. The van der Waals surface area contributed by atoms with Gasteiger partial charge in [0.15, 0.2) is 0 Å². The first kappa shape index (κ1) is 15.9. The fourth-order valence-corrected chi connectivity index (χ4v) is 2.09. The predicted octanol–water partition coefficient (Wildman–Crippen LogP) is 2.00. The summed E-state index contributed by atoms with van der Waals surface area (Å²) in [5, 5.41) is 8.79. The van der Waals surface area contributed by atoms with E-state index in [4.69, 9.17) is 10.9 Å². The number of hydrogen-bond acceptors (Lipinski definition) is 3. The van der Waals surface area contributed by atoms with Gasteiger partial charge in [-0.2, -0.15) is 0 Å². The van der Waals surface area contributed by atoms with E-state index in [0.29, 0.717) is 18.8 Å². The fourth-order valence-electron chi connectivity index (χ4n) is 2.09. The molecule has 0 saturated heterocycles. The molecular formula is C13H24N2O2. The molecule has 17 heavy (non-hydrogen) atoms. The van der Waals surface area contributed by atoms with Crippen molar-refractivity contribution >= 4 is 5.91 Å². The van der Waals surface area contributed by atoms with Crippen molar-refractivity contribution in [2.24, 2.45) is 17.6 Å².